The topological polar surface area (TPSA) is 79.0 Å². The summed E-state index contributed by atoms with van der Waals surface area (Å²) in [6, 6.07) is -0.721. The van der Waals surface area contributed by atoms with Gasteiger partial charge in [0.2, 0.25) is 11.8 Å². The summed E-state index contributed by atoms with van der Waals surface area (Å²) in [5.74, 6) is -0.383. The van der Waals surface area contributed by atoms with Crippen molar-refractivity contribution in [3.63, 3.8) is 0 Å². The summed E-state index contributed by atoms with van der Waals surface area (Å²) in [4.78, 5) is 38.3. The van der Waals surface area contributed by atoms with Crippen molar-refractivity contribution < 1.29 is 19.1 Å². The molecule has 7 nitrogen and oxygen atoms in total. The van der Waals surface area contributed by atoms with Crippen LogP contribution >= 0.6 is 0 Å². The molecule has 0 aromatic rings. The fourth-order valence-electron chi connectivity index (χ4n) is 1.77. The molecule has 0 aliphatic carbocycles. The second kappa shape index (κ2) is 6.11. The molecule has 1 fully saturated rings. The number of ether oxygens (including phenoxy) is 1. The van der Waals surface area contributed by atoms with Gasteiger partial charge in [0.25, 0.3) is 0 Å². The van der Waals surface area contributed by atoms with Crippen molar-refractivity contribution in [3.05, 3.63) is 0 Å². The molecule has 20 heavy (non-hydrogen) atoms. The summed E-state index contributed by atoms with van der Waals surface area (Å²) in [5, 5.41) is 2.48. The third-order valence-electron chi connectivity index (χ3n) is 2.87. The Hall–Kier alpha value is -1.79. The summed E-state index contributed by atoms with van der Waals surface area (Å²) in [6.07, 6.45) is -0.640. The van der Waals surface area contributed by atoms with E-state index >= 15 is 0 Å². The Bertz CT molecular complexity index is 403. The van der Waals surface area contributed by atoms with Gasteiger partial charge in [-0.2, -0.15) is 0 Å². The van der Waals surface area contributed by atoms with Crippen LogP contribution < -0.4 is 5.32 Å². The molecule has 1 heterocycles. The van der Waals surface area contributed by atoms with Crippen LogP contribution in [-0.4, -0.2) is 66.0 Å². The first-order valence-corrected chi connectivity index (χ1v) is 6.62. The molecular weight excluding hydrogens is 262 g/mol. The predicted molar refractivity (Wildman–Crippen MR) is 73.0 cm³/mol. The van der Waals surface area contributed by atoms with E-state index in [1.165, 1.54) is 4.90 Å². The largest absolute Gasteiger partial charge is 0.444 e. The van der Waals surface area contributed by atoms with Crippen molar-refractivity contribution in [1.29, 1.82) is 0 Å². The number of alkyl carbamates (subject to hydrolysis) is 1. The van der Waals surface area contributed by atoms with Gasteiger partial charge in [0.05, 0.1) is 6.54 Å². The number of hydrogen-bond donors (Lipinski definition) is 1. The van der Waals surface area contributed by atoms with Gasteiger partial charge in [-0.05, 0) is 27.7 Å². The second-order valence-electron chi connectivity index (χ2n) is 5.94. The lowest BCUT2D eigenvalue weighted by Gasteiger charge is -2.33. The highest BCUT2D eigenvalue weighted by atomic mass is 16.6. The fraction of sp³-hybridized carbons (Fsp3) is 0.769. The quantitative estimate of drug-likeness (QED) is 0.786. The Labute approximate surface area is 119 Å². The van der Waals surface area contributed by atoms with E-state index in [9.17, 15) is 14.4 Å². The minimum Gasteiger partial charge on any atom is -0.444 e. The van der Waals surface area contributed by atoms with E-state index < -0.39 is 17.7 Å². The van der Waals surface area contributed by atoms with Gasteiger partial charge in [-0.1, -0.05) is 0 Å². The van der Waals surface area contributed by atoms with Gasteiger partial charge in [-0.15, -0.1) is 0 Å². The minimum absolute atomic E-state index is 0.0513. The Morgan fingerprint density at radius 3 is 2.40 bits per heavy atom. The lowest BCUT2D eigenvalue weighted by molar-refractivity contribution is -0.145. The van der Waals surface area contributed by atoms with Crippen molar-refractivity contribution in [2.24, 2.45) is 0 Å². The van der Waals surface area contributed by atoms with Crippen LogP contribution in [0.1, 0.15) is 27.7 Å². The number of hydrogen-bond acceptors (Lipinski definition) is 4. The summed E-state index contributed by atoms with van der Waals surface area (Å²) in [7, 11) is 1.70. The van der Waals surface area contributed by atoms with E-state index in [4.69, 9.17) is 4.74 Å². The Kier molecular flexibility index (Phi) is 4.97. The smallest absolute Gasteiger partial charge is 0.408 e. The van der Waals surface area contributed by atoms with Crippen molar-refractivity contribution in [3.8, 4) is 0 Å². The number of piperazine rings is 1. The highest BCUT2D eigenvalue weighted by Crippen LogP contribution is 2.08. The lowest BCUT2D eigenvalue weighted by atomic mass is 10.2. The van der Waals surface area contributed by atoms with Gasteiger partial charge in [0, 0.05) is 20.1 Å². The van der Waals surface area contributed by atoms with Gasteiger partial charge in [0.1, 0.15) is 11.6 Å². The number of carbonyl (C=O) groups is 3. The standard InChI is InChI=1S/C13H23N3O4/c1-9(14-12(19)20-13(2,3)4)11(18)16-7-6-15(5)10(17)8-16/h9H,6-8H2,1-5H3,(H,14,19). The van der Waals surface area contributed by atoms with Gasteiger partial charge in [-0.25, -0.2) is 4.79 Å². The normalized spacial score (nSPS) is 17.8. The lowest BCUT2D eigenvalue weighted by Crippen LogP contribution is -2.55. The van der Waals surface area contributed by atoms with E-state index in [0.29, 0.717) is 13.1 Å². The van der Waals surface area contributed by atoms with Gasteiger partial charge < -0.3 is 19.9 Å². The summed E-state index contributed by atoms with van der Waals surface area (Å²) in [6.45, 7) is 7.85. The van der Waals surface area contributed by atoms with Crippen molar-refractivity contribution in [1.82, 2.24) is 15.1 Å². The highest BCUT2D eigenvalue weighted by Gasteiger charge is 2.29. The second-order valence-corrected chi connectivity index (χ2v) is 5.94. The SMILES string of the molecule is CC(NC(=O)OC(C)(C)C)C(=O)N1CCN(C)C(=O)C1. The molecular formula is C13H23N3O4. The maximum atomic E-state index is 12.1. The number of nitrogens with zero attached hydrogens (tertiary/aromatic N) is 2. The molecule has 1 aliphatic rings. The zero-order valence-corrected chi connectivity index (χ0v) is 12.7. The van der Waals surface area contributed by atoms with E-state index in [-0.39, 0.29) is 18.4 Å². The van der Waals surface area contributed by atoms with E-state index in [1.807, 2.05) is 0 Å². The van der Waals surface area contributed by atoms with Crippen LogP contribution in [0, 0.1) is 0 Å². The van der Waals surface area contributed by atoms with E-state index in [0.717, 1.165) is 0 Å². The average Bonchev–Trinajstić information content (AvgIpc) is 2.29. The number of rotatable bonds is 2. The monoisotopic (exact) mass is 285 g/mol. The van der Waals surface area contributed by atoms with Crippen LogP contribution in [0.2, 0.25) is 0 Å². The van der Waals surface area contributed by atoms with Crippen molar-refractivity contribution in [2.45, 2.75) is 39.3 Å². The Morgan fingerprint density at radius 1 is 1.30 bits per heavy atom. The summed E-state index contributed by atoms with van der Waals surface area (Å²) < 4.78 is 5.09. The maximum absolute atomic E-state index is 12.1. The highest BCUT2D eigenvalue weighted by molar-refractivity contribution is 5.90. The molecule has 1 saturated heterocycles. The third kappa shape index (κ3) is 4.71. The maximum Gasteiger partial charge on any atom is 0.408 e. The molecule has 1 unspecified atom stereocenters. The molecule has 1 aliphatic heterocycles. The van der Waals surface area contributed by atoms with Gasteiger partial charge in [-0.3, -0.25) is 9.59 Å². The molecule has 1 N–H and O–H groups in total. The predicted octanol–water partition coefficient (Wildman–Crippen LogP) is 0.200. The van der Waals surface area contributed by atoms with Crippen LogP contribution in [0.25, 0.3) is 0 Å². The van der Waals surface area contributed by atoms with E-state index in [2.05, 4.69) is 5.32 Å². The van der Waals surface area contributed by atoms with Gasteiger partial charge in [0.15, 0.2) is 0 Å². The first-order chi connectivity index (χ1) is 9.10. The first-order valence-electron chi connectivity index (χ1n) is 6.62. The van der Waals surface area contributed by atoms with E-state index in [1.54, 1.807) is 39.6 Å². The molecule has 0 spiro atoms. The molecule has 114 valence electrons. The van der Waals surface area contributed by atoms with Crippen molar-refractivity contribution in [2.75, 3.05) is 26.7 Å². The average molecular weight is 285 g/mol. The molecule has 7 heteroatoms. The Balaban J connectivity index is 2.51. The molecule has 0 radical (unpaired) electrons. The van der Waals surface area contributed by atoms with Crippen LogP contribution in [0.15, 0.2) is 0 Å². The van der Waals surface area contributed by atoms with Crippen LogP contribution in [-0.2, 0) is 14.3 Å². The van der Waals surface area contributed by atoms with Crippen LogP contribution in [0.4, 0.5) is 4.79 Å². The molecule has 1 atom stereocenters. The molecule has 0 saturated carbocycles. The third-order valence-corrected chi connectivity index (χ3v) is 2.87. The van der Waals surface area contributed by atoms with Gasteiger partial charge >= 0.3 is 6.09 Å². The molecule has 0 bridgehead atoms. The molecule has 0 aromatic carbocycles. The fourth-order valence-corrected chi connectivity index (χ4v) is 1.77. The first kappa shape index (κ1) is 16.3. The summed E-state index contributed by atoms with van der Waals surface area (Å²) >= 11 is 0. The molecule has 0 aromatic heterocycles. The number of amides is 3. The Morgan fingerprint density at radius 2 is 1.90 bits per heavy atom. The number of likely N-dealkylation sites (N-methyl/N-ethyl adjacent to an activating group) is 1. The summed E-state index contributed by atoms with van der Waals surface area (Å²) in [5.41, 5.74) is -0.614. The zero-order valence-electron chi connectivity index (χ0n) is 12.7. The molecule has 3 amide bonds. The zero-order chi connectivity index (χ0) is 15.5. The number of carbonyl (C=O) groups excluding carboxylic acids is 3. The van der Waals surface area contributed by atoms with Crippen LogP contribution in [0.5, 0.6) is 0 Å². The van der Waals surface area contributed by atoms with Crippen molar-refractivity contribution >= 4 is 17.9 Å². The number of nitrogens with one attached hydrogen (secondary N) is 1. The minimum atomic E-state index is -0.721. The van der Waals surface area contributed by atoms with Crippen LogP contribution in [0.3, 0.4) is 0 Å². The molecule has 1 rings (SSSR count).